The maximum Gasteiger partial charge on any atom is 0.181 e. The highest BCUT2D eigenvalue weighted by atomic mass is 16.3. The lowest BCUT2D eigenvalue weighted by Crippen LogP contribution is -2.40. The van der Waals surface area contributed by atoms with Crippen LogP contribution in [-0.2, 0) is 6.54 Å². The number of hydrogen-bond donors (Lipinski definition) is 2. The molecule has 0 aliphatic carbocycles. The van der Waals surface area contributed by atoms with Gasteiger partial charge in [-0.2, -0.15) is 0 Å². The Hall–Kier alpha value is -0.870. The monoisotopic (exact) mass is 153 g/mol. The molecule has 0 unspecified atom stereocenters. The average molecular weight is 153 g/mol. The third-order valence-electron chi connectivity index (χ3n) is 2.02. The van der Waals surface area contributed by atoms with Crippen LogP contribution in [0.4, 0.5) is 0 Å². The Bertz CT molecular complexity index is 242. The van der Waals surface area contributed by atoms with Crippen LogP contribution in [0.2, 0.25) is 0 Å². The molecule has 1 saturated heterocycles. The number of rotatable bonds is 2. The summed E-state index contributed by atoms with van der Waals surface area (Å²) in [5.41, 5.74) is 6.37. The van der Waals surface area contributed by atoms with Gasteiger partial charge in [0, 0.05) is 25.6 Å². The van der Waals surface area contributed by atoms with Crippen molar-refractivity contribution >= 4 is 0 Å². The molecule has 0 bridgehead atoms. The Morgan fingerprint density at radius 3 is 3.09 bits per heavy atom. The minimum Gasteiger partial charge on any atom is -0.448 e. The summed E-state index contributed by atoms with van der Waals surface area (Å²) >= 11 is 0. The molecule has 0 saturated carbocycles. The second kappa shape index (κ2) is 2.64. The van der Waals surface area contributed by atoms with Gasteiger partial charge in [-0.25, -0.2) is 4.98 Å². The quantitative estimate of drug-likeness (QED) is 0.618. The fraction of sp³-hybridized carbons (Fsp3) is 0.571. The molecule has 2 heterocycles. The van der Waals surface area contributed by atoms with Crippen LogP contribution in [0.15, 0.2) is 10.8 Å². The standard InChI is InChI=1S/C7H11N3O/c8-1-6-7(11-4-10-6)5-2-9-3-5/h4-5,9H,1-3,8H2. The predicted octanol–water partition coefficient (Wildman–Crippen LogP) is -0.180. The molecule has 1 aliphatic rings. The smallest absolute Gasteiger partial charge is 0.181 e. The van der Waals surface area contributed by atoms with Gasteiger partial charge in [0.25, 0.3) is 0 Å². The molecule has 0 atom stereocenters. The second-order valence-electron chi connectivity index (χ2n) is 2.72. The van der Waals surface area contributed by atoms with Crippen LogP contribution in [-0.4, -0.2) is 18.1 Å². The Morgan fingerprint density at radius 2 is 2.55 bits per heavy atom. The summed E-state index contributed by atoms with van der Waals surface area (Å²) in [4.78, 5) is 4.02. The number of aromatic nitrogens is 1. The summed E-state index contributed by atoms with van der Waals surface area (Å²) < 4.78 is 5.23. The van der Waals surface area contributed by atoms with Crippen molar-refractivity contribution in [3.8, 4) is 0 Å². The van der Waals surface area contributed by atoms with E-state index in [1.807, 2.05) is 0 Å². The molecule has 3 N–H and O–H groups in total. The highest BCUT2D eigenvalue weighted by molar-refractivity contribution is 5.16. The molecule has 4 nitrogen and oxygen atoms in total. The molecule has 1 aromatic rings. The van der Waals surface area contributed by atoms with Crippen molar-refractivity contribution in [2.75, 3.05) is 13.1 Å². The van der Waals surface area contributed by atoms with Crippen LogP contribution in [0.1, 0.15) is 17.4 Å². The van der Waals surface area contributed by atoms with Crippen LogP contribution >= 0.6 is 0 Å². The van der Waals surface area contributed by atoms with Gasteiger partial charge in [-0.3, -0.25) is 0 Å². The molecule has 0 aromatic carbocycles. The molecule has 1 fully saturated rings. The Labute approximate surface area is 64.8 Å². The number of nitrogens with zero attached hydrogens (tertiary/aromatic N) is 1. The fourth-order valence-electron chi connectivity index (χ4n) is 1.24. The van der Waals surface area contributed by atoms with Crippen LogP contribution in [0.25, 0.3) is 0 Å². The van der Waals surface area contributed by atoms with E-state index in [9.17, 15) is 0 Å². The van der Waals surface area contributed by atoms with Gasteiger partial charge in [0.1, 0.15) is 5.76 Å². The van der Waals surface area contributed by atoms with Gasteiger partial charge in [-0.1, -0.05) is 0 Å². The third kappa shape index (κ3) is 1.04. The van der Waals surface area contributed by atoms with Crippen molar-refractivity contribution in [1.29, 1.82) is 0 Å². The van der Waals surface area contributed by atoms with Crippen LogP contribution in [0, 0.1) is 0 Å². The SMILES string of the molecule is NCc1ncoc1C1CNC1. The second-order valence-corrected chi connectivity index (χ2v) is 2.72. The van der Waals surface area contributed by atoms with Crippen LogP contribution in [0.5, 0.6) is 0 Å². The average Bonchev–Trinajstić information content (AvgIpc) is 2.32. The van der Waals surface area contributed by atoms with Gasteiger partial charge in [0.2, 0.25) is 0 Å². The summed E-state index contributed by atoms with van der Waals surface area (Å²) in [6.07, 6.45) is 1.47. The Morgan fingerprint density at radius 1 is 1.73 bits per heavy atom. The van der Waals surface area contributed by atoms with Gasteiger partial charge in [0.05, 0.1) is 5.69 Å². The van der Waals surface area contributed by atoms with Gasteiger partial charge in [-0.15, -0.1) is 0 Å². The number of nitrogens with two attached hydrogens (primary N) is 1. The molecule has 0 radical (unpaired) electrons. The van der Waals surface area contributed by atoms with Crippen molar-refractivity contribution in [2.24, 2.45) is 5.73 Å². The highest BCUT2D eigenvalue weighted by Gasteiger charge is 2.24. The molecule has 60 valence electrons. The zero-order valence-corrected chi connectivity index (χ0v) is 6.21. The van der Waals surface area contributed by atoms with E-state index in [0.29, 0.717) is 12.5 Å². The summed E-state index contributed by atoms with van der Waals surface area (Å²) in [7, 11) is 0. The van der Waals surface area contributed by atoms with Crippen molar-refractivity contribution in [2.45, 2.75) is 12.5 Å². The molecule has 11 heavy (non-hydrogen) atoms. The summed E-state index contributed by atoms with van der Waals surface area (Å²) in [6, 6.07) is 0. The fourth-order valence-corrected chi connectivity index (χ4v) is 1.24. The molecule has 0 spiro atoms. The van der Waals surface area contributed by atoms with Crippen molar-refractivity contribution in [3.63, 3.8) is 0 Å². The van der Waals surface area contributed by atoms with Gasteiger partial charge < -0.3 is 15.5 Å². The zero-order chi connectivity index (χ0) is 7.68. The highest BCUT2D eigenvalue weighted by Crippen LogP contribution is 2.22. The Balaban J connectivity index is 2.20. The summed E-state index contributed by atoms with van der Waals surface area (Å²) in [5.74, 6) is 1.46. The largest absolute Gasteiger partial charge is 0.448 e. The van der Waals surface area contributed by atoms with E-state index in [4.69, 9.17) is 10.2 Å². The lowest BCUT2D eigenvalue weighted by Gasteiger charge is -2.25. The first kappa shape index (κ1) is 6.82. The molecule has 1 aliphatic heterocycles. The van der Waals surface area contributed by atoms with Crippen molar-refractivity contribution < 1.29 is 4.42 Å². The van der Waals surface area contributed by atoms with E-state index in [1.165, 1.54) is 6.39 Å². The van der Waals surface area contributed by atoms with E-state index in [1.54, 1.807) is 0 Å². The minimum absolute atomic E-state index is 0.475. The van der Waals surface area contributed by atoms with Crippen LogP contribution < -0.4 is 11.1 Å². The lowest BCUT2D eigenvalue weighted by molar-refractivity contribution is 0.365. The van der Waals surface area contributed by atoms with Crippen molar-refractivity contribution in [1.82, 2.24) is 10.3 Å². The third-order valence-corrected chi connectivity index (χ3v) is 2.02. The number of oxazole rings is 1. The predicted molar refractivity (Wildman–Crippen MR) is 40.0 cm³/mol. The number of hydrogen-bond acceptors (Lipinski definition) is 4. The summed E-state index contributed by atoms with van der Waals surface area (Å²) in [5, 5.41) is 3.17. The normalized spacial score (nSPS) is 18.3. The van der Waals surface area contributed by atoms with Crippen LogP contribution in [0.3, 0.4) is 0 Å². The number of nitrogens with one attached hydrogen (secondary N) is 1. The minimum atomic E-state index is 0.475. The molecule has 4 heteroatoms. The maximum atomic E-state index is 5.47. The molecule has 0 amide bonds. The first-order chi connectivity index (χ1) is 5.42. The van der Waals surface area contributed by atoms with E-state index in [0.717, 1.165) is 24.5 Å². The van der Waals surface area contributed by atoms with E-state index < -0.39 is 0 Å². The maximum absolute atomic E-state index is 5.47. The Kier molecular flexibility index (Phi) is 1.63. The molecular weight excluding hydrogens is 142 g/mol. The topological polar surface area (TPSA) is 64.1 Å². The van der Waals surface area contributed by atoms with Gasteiger partial charge in [-0.05, 0) is 0 Å². The lowest BCUT2D eigenvalue weighted by atomic mass is 9.99. The van der Waals surface area contributed by atoms with Gasteiger partial charge >= 0.3 is 0 Å². The first-order valence-corrected chi connectivity index (χ1v) is 3.75. The molecule has 1 aromatic heterocycles. The zero-order valence-electron chi connectivity index (χ0n) is 6.21. The van der Waals surface area contributed by atoms with Gasteiger partial charge in [0.15, 0.2) is 6.39 Å². The first-order valence-electron chi connectivity index (χ1n) is 3.75. The summed E-state index contributed by atoms with van der Waals surface area (Å²) in [6.45, 7) is 2.45. The molecule has 2 rings (SSSR count). The van der Waals surface area contributed by atoms with E-state index in [-0.39, 0.29) is 0 Å². The molecular formula is C7H11N3O. The van der Waals surface area contributed by atoms with E-state index >= 15 is 0 Å². The van der Waals surface area contributed by atoms with Crippen molar-refractivity contribution in [3.05, 3.63) is 17.8 Å². The van der Waals surface area contributed by atoms with E-state index in [2.05, 4.69) is 10.3 Å².